The lowest BCUT2D eigenvalue weighted by Crippen LogP contribution is -2.11. The largest absolute Gasteiger partial charge is 0.485 e. The fraction of sp³-hybridized carbons (Fsp3) is 0.0714. The lowest BCUT2D eigenvalue weighted by molar-refractivity contribution is 0.0921. The fourth-order valence-corrected chi connectivity index (χ4v) is 2.23. The first-order chi connectivity index (χ1) is 8.65. The number of carbonyl (C=O) groups is 1. The number of ether oxygens (including phenoxy) is 1. The maximum Gasteiger partial charge on any atom is 0.200 e. The van der Waals surface area contributed by atoms with Crippen LogP contribution in [0.5, 0.6) is 5.75 Å². The molecule has 18 heavy (non-hydrogen) atoms. The third kappa shape index (κ3) is 3.68. The van der Waals surface area contributed by atoms with Gasteiger partial charge in [0, 0.05) is 14.5 Å². The smallest absolute Gasteiger partial charge is 0.200 e. The van der Waals surface area contributed by atoms with Gasteiger partial charge in [-0.25, -0.2) is 0 Å². The minimum atomic E-state index is -0.0451. The Balaban J connectivity index is 2.00. The van der Waals surface area contributed by atoms with E-state index in [0.717, 1.165) is 8.95 Å². The topological polar surface area (TPSA) is 26.3 Å². The highest BCUT2D eigenvalue weighted by molar-refractivity contribution is 9.10. The van der Waals surface area contributed by atoms with E-state index in [0.29, 0.717) is 11.3 Å². The van der Waals surface area contributed by atoms with E-state index in [4.69, 9.17) is 4.74 Å². The summed E-state index contributed by atoms with van der Waals surface area (Å²) in [7, 11) is 0. The number of Topliss-reactive ketones (excluding diaryl/α,β-unsaturated/α-hetero) is 1. The highest BCUT2D eigenvalue weighted by atomic mass is 79.9. The SMILES string of the molecule is O=C(COc1cccc(Br)c1)c1cccc(Br)c1. The van der Waals surface area contributed by atoms with E-state index in [1.807, 2.05) is 36.4 Å². The molecule has 2 aromatic carbocycles. The summed E-state index contributed by atoms with van der Waals surface area (Å²) in [6, 6.07) is 14.7. The van der Waals surface area contributed by atoms with Gasteiger partial charge in [-0.3, -0.25) is 4.79 Å². The minimum absolute atomic E-state index is 0.0346. The Morgan fingerprint density at radius 3 is 2.33 bits per heavy atom. The van der Waals surface area contributed by atoms with E-state index in [-0.39, 0.29) is 12.4 Å². The summed E-state index contributed by atoms with van der Waals surface area (Å²) in [5, 5.41) is 0. The maximum absolute atomic E-state index is 11.9. The Bertz CT molecular complexity index is 567. The first kappa shape index (κ1) is 13.3. The van der Waals surface area contributed by atoms with E-state index in [9.17, 15) is 4.79 Å². The molecule has 0 bridgehead atoms. The molecule has 0 aliphatic heterocycles. The Hall–Kier alpha value is -1.13. The Labute approximate surface area is 122 Å². The maximum atomic E-state index is 11.9. The number of benzene rings is 2. The lowest BCUT2D eigenvalue weighted by atomic mass is 10.1. The first-order valence-electron chi connectivity index (χ1n) is 5.32. The van der Waals surface area contributed by atoms with Crippen LogP contribution in [0.3, 0.4) is 0 Å². The quantitative estimate of drug-likeness (QED) is 0.743. The van der Waals surface area contributed by atoms with Crippen molar-refractivity contribution in [3.05, 3.63) is 63.0 Å². The molecule has 0 unspecified atom stereocenters. The van der Waals surface area contributed by atoms with Gasteiger partial charge in [-0.05, 0) is 30.3 Å². The van der Waals surface area contributed by atoms with Crippen molar-refractivity contribution in [1.82, 2.24) is 0 Å². The number of halogens is 2. The van der Waals surface area contributed by atoms with Gasteiger partial charge in [0.2, 0.25) is 0 Å². The monoisotopic (exact) mass is 368 g/mol. The number of carbonyl (C=O) groups excluding carboxylic acids is 1. The van der Waals surface area contributed by atoms with Crippen LogP contribution in [-0.2, 0) is 0 Å². The molecule has 0 aliphatic carbocycles. The molecular weight excluding hydrogens is 360 g/mol. The molecule has 0 fully saturated rings. The van der Waals surface area contributed by atoms with Gasteiger partial charge < -0.3 is 4.74 Å². The summed E-state index contributed by atoms with van der Waals surface area (Å²) in [5.74, 6) is 0.629. The van der Waals surface area contributed by atoms with Crippen LogP contribution in [-0.4, -0.2) is 12.4 Å². The van der Waals surface area contributed by atoms with Crippen LogP contribution >= 0.6 is 31.9 Å². The van der Waals surface area contributed by atoms with E-state index in [1.54, 1.807) is 12.1 Å². The van der Waals surface area contributed by atoms with Gasteiger partial charge in [0.1, 0.15) is 5.75 Å². The molecule has 0 heterocycles. The van der Waals surface area contributed by atoms with Gasteiger partial charge in [-0.1, -0.05) is 50.1 Å². The lowest BCUT2D eigenvalue weighted by Gasteiger charge is -2.06. The molecule has 0 aromatic heterocycles. The molecule has 92 valence electrons. The van der Waals surface area contributed by atoms with E-state index < -0.39 is 0 Å². The zero-order valence-corrected chi connectivity index (χ0v) is 12.6. The van der Waals surface area contributed by atoms with E-state index in [1.165, 1.54) is 0 Å². The summed E-state index contributed by atoms with van der Waals surface area (Å²) in [4.78, 5) is 11.9. The normalized spacial score (nSPS) is 10.1. The van der Waals surface area contributed by atoms with Crippen LogP contribution in [0.4, 0.5) is 0 Å². The fourth-order valence-electron chi connectivity index (χ4n) is 1.45. The van der Waals surface area contributed by atoms with Crippen LogP contribution in [0, 0.1) is 0 Å². The summed E-state index contributed by atoms with van der Waals surface area (Å²) in [6.45, 7) is 0.0346. The summed E-state index contributed by atoms with van der Waals surface area (Å²) >= 11 is 6.69. The zero-order chi connectivity index (χ0) is 13.0. The zero-order valence-electron chi connectivity index (χ0n) is 9.40. The van der Waals surface area contributed by atoms with Gasteiger partial charge in [0.15, 0.2) is 12.4 Å². The predicted molar refractivity (Wildman–Crippen MR) is 78.1 cm³/mol. The molecule has 0 N–H and O–H groups in total. The standard InChI is InChI=1S/C14H10Br2O2/c15-11-4-1-3-10(7-11)14(17)9-18-13-6-2-5-12(16)8-13/h1-8H,9H2. The summed E-state index contributed by atoms with van der Waals surface area (Å²) in [6.07, 6.45) is 0. The molecule has 4 heteroatoms. The predicted octanol–water partition coefficient (Wildman–Crippen LogP) is 4.47. The number of hydrogen-bond acceptors (Lipinski definition) is 2. The average Bonchev–Trinajstić information content (AvgIpc) is 2.36. The van der Waals surface area contributed by atoms with Crippen molar-refractivity contribution < 1.29 is 9.53 Å². The molecule has 2 aromatic rings. The highest BCUT2D eigenvalue weighted by Crippen LogP contribution is 2.18. The van der Waals surface area contributed by atoms with Crippen LogP contribution < -0.4 is 4.74 Å². The number of rotatable bonds is 4. The van der Waals surface area contributed by atoms with Crippen LogP contribution in [0.15, 0.2) is 57.5 Å². The van der Waals surface area contributed by atoms with Crippen molar-refractivity contribution in [3.63, 3.8) is 0 Å². The Kier molecular flexibility index (Phi) is 4.55. The van der Waals surface area contributed by atoms with E-state index >= 15 is 0 Å². The van der Waals surface area contributed by atoms with Crippen molar-refractivity contribution in [2.75, 3.05) is 6.61 Å². The second kappa shape index (κ2) is 6.16. The molecule has 0 radical (unpaired) electrons. The molecule has 0 saturated carbocycles. The summed E-state index contributed by atoms with van der Waals surface area (Å²) < 4.78 is 7.26. The average molecular weight is 370 g/mol. The molecule has 0 spiro atoms. The third-order valence-corrected chi connectivity index (χ3v) is 3.30. The highest BCUT2D eigenvalue weighted by Gasteiger charge is 2.07. The minimum Gasteiger partial charge on any atom is -0.485 e. The molecule has 0 aliphatic rings. The first-order valence-corrected chi connectivity index (χ1v) is 6.91. The van der Waals surface area contributed by atoms with Crippen molar-refractivity contribution in [1.29, 1.82) is 0 Å². The molecule has 0 atom stereocenters. The Morgan fingerprint density at radius 2 is 1.67 bits per heavy atom. The second-order valence-electron chi connectivity index (χ2n) is 3.68. The molecular formula is C14H10Br2O2. The molecule has 2 rings (SSSR count). The van der Waals surface area contributed by atoms with Crippen molar-refractivity contribution in [3.8, 4) is 5.75 Å². The molecule has 0 saturated heterocycles. The Morgan fingerprint density at radius 1 is 1.00 bits per heavy atom. The summed E-state index contributed by atoms with van der Waals surface area (Å²) in [5.41, 5.74) is 0.638. The third-order valence-electron chi connectivity index (χ3n) is 2.31. The molecule has 0 amide bonds. The van der Waals surface area contributed by atoms with Gasteiger partial charge in [-0.15, -0.1) is 0 Å². The number of hydrogen-bond donors (Lipinski definition) is 0. The van der Waals surface area contributed by atoms with Crippen molar-refractivity contribution in [2.45, 2.75) is 0 Å². The van der Waals surface area contributed by atoms with Crippen molar-refractivity contribution in [2.24, 2.45) is 0 Å². The van der Waals surface area contributed by atoms with Crippen LogP contribution in [0.2, 0.25) is 0 Å². The van der Waals surface area contributed by atoms with Gasteiger partial charge >= 0.3 is 0 Å². The number of ketones is 1. The van der Waals surface area contributed by atoms with E-state index in [2.05, 4.69) is 31.9 Å². The van der Waals surface area contributed by atoms with Crippen molar-refractivity contribution >= 4 is 37.6 Å². The van der Waals surface area contributed by atoms with Gasteiger partial charge in [0.25, 0.3) is 0 Å². The van der Waals surface area contributed by atoms with Crippen LogP contribution in [0.25, 0.3) is 0 Å². The second-order valence-corrected chi connectivity index (χ2v) is 5.51. The van der Waals surface area contributed by atoms with Gasteiger partial charge in [0.05, 0.1) is 0 Å². The van der Waals surface area contributed by atoms with Gasteiger partial charge in [-0.2, -0.15) is 0 Å². The molecule has 2 nitrogen and oxygen atoms in total. The van der Waals surface area contributed by atoms with Crippen LogP contribution in [0.1, 0.15) is 10.4 Å².